The summed E-state index contributed by atoms with van der Waals surface area (Å²) in [5.41, 5.74) is 2.40. The molecule has 0 unspecified atom stereocenters. The minimum Gasteiger partial charge on any atom is -0.457 e. The number of aryl methyl sites for hydroxylation is 1. The molecule has 0 saturated carbocycles. The Morgan fingerprint density at radius 1 is 1.10 bits per heavy atom. The quantitative estimate of drug-likeness (QED) is 0.765. The molecule has 21 heavy (non-hydrogen) atoms. The molecule has 0 spiro atoms. The smallest absolute Gasteiger partial charge is 0.133 e. The average Bonchev–Trinajstić information content (AvgIpc) is 2.43. The summed E-state index contributed by atoms with van der Waals surface area (Å²) in [7, 11) is 0. The maximum Gasteiger partial charge on any atom is 0.133 e. The zero-order valence-corrected chi connectivity index (χ0v) is 14.4. The normalized spacial score (nSPS) is 10.9. The van der Waals surface area contributed by atoms with Crippen molar-refractivity contribution in [1.29, 1.82) is 0 Å². The van der Waals surface area contributed by atoms with E-state index >= 15 is 0 Å². The lowest BCUT2D eigenvalue weighted by atomic mass is 10.1. The van der Waals surface area contributed by atoms with Crippen LogP contribution in [0.1, 0.15) is 25.0 Å². The van der Waals surface area contributed by atoms with Crippen LogP contribution in [0.4, 0.5) is 0 Å². The fourth-order valence-corrected chi connectivity index (χ4v) is 2.34. The molecule has 0 aliphatic heterocycles. The van der Waals surface area contributed by atoms with Crippen molar-refractivity contribution in [2.24, 2.45) is 5.92 Å². The molecule has 0 aliphatic carbocycles. The Morgan fingerprint density at radius 3 is 2.48 bits per heavy atom. The first kappa shape index (κ1) is 16.1. The van der Waals surface area contributed by atoms with Crippen LogP contribution < -0.4 is 10.1 Å². The van der Waals surface area contributed by atoms with E-state index in [1.807, 2.05) is 24.3 Å². The molecule has 2 aromatic carbocycles. The Hall–Kier alpha value is -1.32. The fourth-order valence-electron chi connectivity index (χ4n) is 2.00. The Bertz CT molecular complexity index is 578. The van der Waals surface area contributed by atoms with Gasteiger partial charge in [0.25, 0.3) is 0 Å². The van der Waals surface area contributed by atoms with Gasteiger partial charge in [-0.3, -0.25) is 0 Å². The van der Waals surface area contributed by atoms with Gasteiger partial charge in [0.1, 0.15) is 11.5 Å². The maximum atomic E-state index is 6.03. The van der Waals surface area contributed by atoms with Crippen molar-refractivity contribution in [1.82, 2.24) is 5.32 Å². The summed E-state index contributed by atoms with van der Waals surface area (Å²) in [6.45, 7) is 8.30. The molecule has 1 N–H and O–H groups in total. The molecule has 0 atom stereocenters. The fraction of sp³-hybridized carbons (Fsp3) is 0.333. The van der Waals surface area contributed by atoms with Gasteiger partial charge in [0, 0.05) is 16.6 Å². The van der Waals surface area contributed by atoms with Crippen LogP contribution in [-0.4, -0.2) is 6.54 Å². The summed E-state index contributed by atoms with van der Waals surface area (Å²) in [5, 5.41) is 3.46. The van der Waals surface area contributed by atoms with Gasteiger partial charge >= 0.3 is 0 Å². The predicted octanol–water partition coefficient (Wildman–Crippen LogP) is 5.30. The lowest BCUT2D eigenvalue weighted by Crippen LogP contribution is -2.19. The van der Waals surface area contributed by atoms with Crippen molar-refractivity contribution in [3.8, 4) is 11.5 Å². The lowest BCUT2D eigenvalue weighted by Gasteiger charge is -2.13. The minimum atomic E-state index is 0.641. The van der Waals surface area contributed by atoms with Gasteiger partial charge in [-0.2, -0.15) is 0 Å². The molecule has 0 radical (unpaired) electrons. The molecule has 0 fully saturated rings. The highest BCUT2D eigenvalue weighted by Gasteiger charge is 2.06. The second kappa shape index (κ2) is 7.62. The highest BCUT2D eigenvalue weighted by molar-refractivity contribution is 9.10. The van der Waals surface area contributed by atoms with Crippen molar-refractivity contribution >= 4 is 15.9 Å². The highest BCUT2D eigenvalue weighted by atomic mass is 79.9. The summed E-state index contributed by atoms with van der Waals surface area (Å²) >= 11 is 3.51. The Balaban J connectivity index is 2.12. The van der Waals surface area contributed by atoms with E-state index in [4.69, 9.17) is 4.74 Å². The van der Waals surface area contributed by atoms with Gasteiger partial charge in [-0.15, -0.1) is 0 Å². The largest absolute Gasteiger partial charge is 0.457 e. The summed E-state index contributed by atoms with van der Waals surface area (Å²) < 4.78 is 7.06. The van der Waals surface area contributed by atoms with Crippen LogP contribution in [0.5, 0.6) is 11.5 Å². The second-order valence-corrected chi connectivity index (χ2v) is 6.61. The zero-order chi connectivity index (χ0) is 15.2. The highest BCUT2D eigenvalue weighted by Crippen LogP contribution is 2.28. The van der Waals surface area contributed by atoms with Crippen molar-refractivity contribution in [3.63, 3.8) is 0 Å². The topological polar surface area (TPSA) is 21.3 Å². The molecule has 2 nitrogen and oxygen atoms in total. The Morgan fingerprint density at radius 2 is 1.81 bits per heavy atom. The molecular formula is C18H22BrNO. The first-order valence-electron chi connectivity index (χ1n) is 7.28. The molecule has 0 amide bonds. The van der Waals surface area contributed by atoms with Crippen molar-refractivity contribution in [3.05, 3.63) is 58.1 Å². The zero-order valence-electron chi connectivity index (χ0n) is 12.8. The van der Waals surface area contributed by atoms with Gasteiger partial charge in [-0.1, -0.05) is 53.5 Å². The average molecular weight is 348 g/mol. The number of halogens is 1. The molecule has 2 rings (SSSR count). The van der Waals surface area contributed by atoms with Crippen LogP contribution >= 0.6 is 15.9 Å². The lowest BCUT2D eigenvalue weighted by molar-refractivity contribution is 0.468. The number of benzene rings is 2. The van der Waals surface area contributed by atoms with Crippen molar-refractivity contribution in [2.75, 3.05) is 6.54 Å². The summed E-state index contributed by atoms with van der Waals surface area (Å²) in [6, 6.07) is 14.3. The van der Waals surface area contributed by atoms with E-state index in [0.29, 0.717) is 5.92 Å². The molecule has 2 aromatic rings. The third-order valence-corrected chi connectivity index (χ3v) is 3.64. The summed E-state index contributed by atoms with van der Waals surface area (Å²) in [5.74, 6) is 2.40. The molecule has 0 aliphatic rings. The number of ether oxygens (including phenoxy) is 1. The van der Waals surface area contributed by atoms with E-state index in [0.717, 1.165) is 29.1 Å². The van der Waals surface area contributed by atoms with Gasteiger partial charge in [-0.25, -0.2) is 0 Å². The van der Waals surface area contributed by atoms with Crippen LogP contribution in [-0.2, 0) is 6.54 Å². The van der Waals surface area contributed by atoms with Gasteiger partial charge < -0.3 is 10.1 Å². The minimum absolute atomic E-state index is 0.641. The number of nitrogens with one attached hydrogen (secondary N) is 1. The third kappa shape index (κ3) is 5.18. The maximum absolute atomic E-state index is 6.03. The van der Waals surface area contributed by atoms with Crippen LogP contribution in [0.2, 0.25) is 0 Å². The van der Waals surface area contributed by atoms with E-state index < -0.39 is 0 Å². The van der Waals surface area contributed by atoms with Gasteiger partial charge in [-0.05, 0) is 43.7 Å². The molecule has 112 valence electrons. The van der Waals surface area contributed by atoms with Crippen LogP contribution in [0, 0.1) is 12.8 Å². The van der Waals surface area contributed by atoms with E-state index in [9.17, 15) is 0 Å². The summed E-state index contributed by atoms with van der Waals surface area (Å²) in [6.07, 6.45) is 0. The van der Waals surface area contributed by atoms with E-state index in [1.165, 1.54) is 11.1 Å². The number of rotatable bonds is 6. The Kier molecular flexibility index (Phi) is 5.83. The van der Waals surface area contributed by atoms with Crippen LogP contribution in [0.25, 0.3) is 0 Å². The van der Waals surface area contributed by atoms with Crippen molar-refractivity contribution in [2.45, 2.75) is 27.3 Å². The standard InChI is InChI=1S/C18H22BrNO/c1-13(2)11-20-12-15-6-7-16(19)10-18(15)21-17-8-4-14(3)5-9-17/h4-10,13,20H,11-12H2,1-3H3. The van der Waals surface area contributed by atoms with Gasteiger partial charge in [0.15, 0.2) is 0 Å². The second-order valence-electron chi connectivity index (χ2n) is 5.69. The first-order valence-corrected chi connectivity index (χ1v) is 8.07. The van der Waals surface area contributed by atoms with Gasteiger partial charge in [0.2, 0.25) is 0 Å². The SMILES string of the molecule is Cc1ccc(Oc2cc(Br)ccc2CNCC(C)C)cc1. The molecule has 0 aromatic heterocycles. The predicted molar refractivity (Wildman–Crippen MR) is 91.9 cm³/mol. The van der Waals surface area contributed by atoms with Crippen LogP contribution in [0.15, 0.2) is 46.9 Å². The number of hydrogen-bond donors (Lipinski definition) is 1. The van der Waals surface area contributed by atoms with E-state index in [-0.39, 0.29) is 0 Å². The van der Waals surface area contributed by atoms with Crippen LogP contribution in [0.3, 0.4) is 0 Å². The third-order valence-electron chi connectivity index (χ3n) is 3.15. The summed E-state index contributed by atoms with van der Waals surface area (Å²) in [4.78, 5) is 0. The van der Waals surface area contributed by atoms with E-state index in [2.05, 4.69) is 60.2 Å². The number of hydrogen-bond acceptors (Lipinski definition) is 2. The molecule has 0 bridgehead atoms. The van der Waals surface area contributed by atoms with Gasteiger partial charge in [0.05, 0.1) is 0 Å². The first-order chi connectivity index (χ1) is 10.0. The molecule has 0 saturated heterocycles. The molecular weight excluding hydrogens is 326 g/mol. The monoisotopic (exact) mass is 347 g/mol. The molecule has 0 heterocycles. The van der Waals surface area contributed by atoms with E-state index in [1.54, 1.807) is 0 Å². The Labute approximate surface area is 135 Å². The molecule has 3 heteroatoms. The van der Waals surface area contributed by atoms with Crippen molar-refractivity contribution < 1.29 is 4.74 Å².